The third-order valence-corrected chi connectivity index (χ3v) is 9.95. The summed E-state index contributed by atoms with van der Waals surface area (Å²) in [5, 5.41) is 20.8. The summed E-state index contributed by atoms with van der Waals surface area (Å²) in [6.45, 7) is 13.2. The minimum absolute atomic E-state index is 0.273. The van der Waals surface area contributed by atoms with E-state index in [1.54, 1.807) is 5.57 Å². The predicted octanol–water partition coefficient (Wildman–Crippen LogP) is 3.69. The number of aliphatic hydroxyl groups is 2. The summed E-state index contributed by atoms with van der Waals surface area (Å²) in [6.07, 6.45) is 16.2. The van der Waals surface area contributed by atoms with Crippen LogP contribution in [-0.2, 0) is 0 Å². The van der Waals surface area contributed by atoms with Crippen molar-refractivity contribution in [3.63, 3.8) is 0 Å². The summed E-state index contributed by atoms with van der Waals surface area (Å²) < 4.78 is 0. The van der Waals surface area contributed by atoms with Gasteiger partial charge in [-0.2, -0.15) is 0 Å². The van der Waals surface area contributed by atoms with Crippen LogP contribution in [0.15, 0.2) is 35.5 Å². The molecule has 3 fully saturated rings. The highest BCUT2D eigenvalue weighted by molar-refractivity contribution is 6.47. The fraction of sp³-hybridized carbons (Fsp3) is 0.778. The van der Waals surface area contributed by atoms with Crippen molar-refractivity contribution in [3.8, 4) is 0 Å². The normalized spacial score (nSPS) is 38.8. The van der Waals surface area contributed by atoms with Gasteiger partial charge >= 0.3 is 0 Å². The molecule has 0 amide bonds. The minimum Gasteiger partial charge on any atom is -0.400 e. The Morgan fingerprint density at radius 2 is 1.84 bits per heavy atom. The smallest absolute Gasteiger partial charge is 0.142 e. The van der Waals surface area contributed by atoms with E-state index in [1.807, 2.05) is 21.7 Å². The molecule has 0 aromatic carbocycles. The first-order chi connectivity index (χ1) is 14.7. The molecule has 3 aliphatic carbocycles. The molecule has 0 saturated heterocycles. The predicted molar refractivity (Wildman–Crippen MR) is 145 cm³/mol. The van der Waals surface area contributed by atoms with E-state index in [2.05, 4.69) is 48.3 Å². The minimum atomic E-state index is -0.684. The molecule has 176 valence electrons. The lowest BCUT2D eigenvalue weighted by molar-refractivity contribution is 0.0596. The number of fused-ring (bicyclic) bond motifs is 1. The Hall–Kier alpha value is -0.665. The lowest BCUT2D eigenvalue weighted by Gasteiger charge is -2.48. The standard InChI is InChI=1S/C27H47B3O2/c1-18(8-6-15-24(3,4)31)21-12-13-23-20(9-7-16-25(21,23)5)10-11-22-19(2)14-17-26(28,32)27(22,29)30/h10-11,18,21,23,31-32H,2,6-9,12-17,28-30H2,1,3-5H3/b20-10+,22-11+/t18-,21-,23+,25-,26+/m1/s1. The van der Waals surface area contributed by atoms with Gasteiger partial charge in [0, 0.05) is 5.50 Å². The zero-order valence-corrected chi connectivity index (χ0v) is 22.1. The Morgan fingerprint density at radius 1 is 1.16 bits per heavy atom. The maximum atomic E-state index is 11.0. The topological polar surface area (TPSA) is 40.5 Å². The molecule has 5 atom stereocenters. The molecule has 0 bridgehead atoms. The molecule has 0 aliphatic heterocycles. The van der Waals surface area contributed by atoms with E-state index in [0.29, 0.717) is 11.3 Å². The van der Waals surface area contributed by atoms with Crippen LogP contribution in [0.25, 0.3) is 0 Å². The molecule has 32 heavy (non-hydrogen) atoms. The van der Waals surface area contributed by atoms with Crippen molar-refractivity contribution < 1.29 is 10.2 Å². The summed E-state index contributed by atoms with van der Waals surface area (Å²) in [6, 6.07) is 0. The second-order valence-corrected chi connectivity index (χ2v) is 13.1. The molecule has 0 heterocycles. The Balaban J connectivity index is 1.78. The van der Waals surface area contributed by atoms with Crippen LogP contribution in [0, 0.1) is 23.2 Å². The molecular weight excluding hydrogens is 389 g/mol. The van der Waals surface area contributed by atoms with E-state index in [-0.39, 0.29) is 5.21 Å². The van der Waals surface area contributed by atoms with Gasteiger partial charge in [-0.05, 0) is 93.6 Å². The van der Waals surface area contributed by atoms with Crippen LogP contribution >= 0.6 is 0 Å². The highest BCUT2D eigenvalue weighted by Crippen LogP contribution is 2.60. The summed E-state index contributed by atoms with van der Waals surface area (Å²) in [4.78, 5) is 0. The van der Waals surface area contributed by atoms with E-state index in [4.69, 9.17) is 0 Å². The monoisotopic (exact) mass is 436 g/mol. The number of rotatable bonds is 6. The Morgan fingerprint density at radius 3 is 2.50 bits per heavy atom. The molecule has 0 aromatic heterocycles. The molecule has 0 spiro atoms. The van der Waals surface area contributed by atoms with Crippen molar-refractivity contribution >= 4 is 23.5 Å². The molecule has 5 heteroatoms. The molecule has 0 radical (unpaired) electrons. The second kappa shape index (κ2) is 9.18. The summed E-state index contributed by atoms with van der Waals surface area (Å²) in [5.41, 5.74) is 3.24. The average molecular weight is 436 g/mol. The Labute approximate surface area is 200 Å². The van der Waals surface area contributed by atoms with Crippen LogP contribution in [0.5, 0.6) is 0 Å². The van der Waals surface area contributed by atoms with Gasteiger partial charge in [0.15, 0.2) is 0 Å². The first kappa shape index (κ1) is 25.9. The van der Waals surface area contributed by atoms with Crippen LogP contribution in [0.1, 0.15) is 91.9 Å². The molecule has 3 rings (SSSR count). The third-order valence-electron chi connectivity index (χ3n) is 9.95. The molecule has 2 nitrogen and oxygen atoms in total. The van der Waals surface area contributed by atoms with Gasteiger partial charge in [0.05, 0.1) is 5.60 Å². The van der Waals surface area contributed by atoms with Crippen LogP contribution < -0.4 is 0 Å². The highest BCUT2D eigenvalue weighted by Gasteiger charge is 2.50. The SMILES string of the molecule is BC1(B)/C(=C/C=C2\CCC[C@]3(C)[C@@H]([C@H](C)CCCC(C)(C)O)CC[C@@H]23)C(=C)CC[C@]1(B)O. The van der Waals surface area contributed by atoms with Gasteiger partial charge in [-0.25, -0.2) is 0 Å². The van der Waals surface area contributed by atoms with Gasteiger partial charge in [0.25, 0.3) is 0 Å². The lowest BCUT2D eigenvalue weighted by atomic mass is 9.35. The van der Waals surface area contributed by atoms with Gasteiger partial charge in [0.1, 0.15) is 23.5 Å². The van der Waals surface area contributed by atoms with Crippen molar-refractivity contribution in [2.24, 2.45) is 23.2 Å². The molecule has 3 aliphatic rings. The summed E-state index contributed by atoms with van der Waals surface area (Å²) >= 11 is 0. The van der Waals surface area contributed by atoms with Crippen molar-refractivity contribution in [1.82, 2.24) is 0 Å². The van der Waals surface area contributed by atoms with E-state index in [0.717, 1.165) is 37.5 Å². The van der Waals surface area contributed by atoms with E-state index < -0.39 is 11.1 Å². The second-order valence-electron chi connectivity index (χ2n) is 13.1. The van der Waals surface area contributed by atoms with Gasteiger partial charge in [-0.15, -0.1) is 0 Å². The van der Waals surface area contributed by atoms with Crippen LogP contribution in [0.4, 0.5) is 0 Å². The van der Waals surface area contributed by atoms with Gasteiger partial charge in [0.2, 0.25) is 0 Å². The average Bonchev–Trinajstić information content (AvgIpc) is 3.02. The lowest BCUT2D eigenvalue weighted by Crippen LogP contribution is -2.48. The van der Waals surface area contributed by atoms with Crippen LogP contribution in [-0.4, -0.2) is 44.9 Å². The van der Waals surface area contributed by atoms with Crippen molar-refractivity contribution in [2.75, 3.05) is 0 Å². The van der Waals surface area contributed by atoms with Gasteiger partial charge in [-0.1, -0.05) is 62.1 Å². The number of hydrogen-bond acceptors (Lipinski definition) is 2. The number of hydrogen-bond donors (Lipinski definition) is 2. The van der Waals surface area contributed by atoms with Crippen LogP contribution in [0.2, 0.25) is 5.21 Å². The molecule has 3 saturated carbocycles. The number of allylic oxidation sites excluding steroid dienone is 4. The summed E-state index contributed by atoms with van der Waals surface area (Å²) in [7, 11) is 6.33. The first-order valence-corrected chi connectivity index (χ1v) is 13.2. The quantitative estimate of drug-likeness (QED) is 0.624. The fourth-order valence-corrected chi connectivity index (χ4v) is 7.36. The third kappa shape index (κ3) is 5.04. The van der Waals surface area contributed by atoms with Crippen molar-refractivity contribution in [2.45, 2.75) is 108 Å². The van der Waals surface area contributed by atoms with Crippen LogP contribution in [0.3, 0.4) is 0 Å². The van der Waals surface area contributed by atoms with E-state index in [9.17, 15) is 10.2 Å². The molecule has 0 unspecified atom stereocenters. The summed E-state index contributed by atoms with van der Waals surface area (Å²) in [5.74, 6) is 2.19. The maximum absolute atomic E-state index is 11.0. The maximum Gasteiger partial charge on any atom is 0.142 e. The first-order valence-electron chi connectivity index (χ1n) is 13.2. The zero-order chi connectivity index (χ0) is 23.9. The molecule has 2 N–H and O–H groups in total. The Kier molecular flexibility index (Phi) is 7.44. The van der Waals surface area contributed by atoms with Crippen molar-refractivity contribution in [3.05, 3.63) is 35.5 Å². The zero-order valence-electron chi connectivity index (χ0n) is 22.1. The van der Waals surface area contributed by atoms with Gasteiger partial charge in [-0.3, -0.25) is 0 Å². The van der Waals surface area contributed by atoms with Gasteiger partial charge < -0.3 is 10.2 Å². The van der Waals surface area contributed by atoms with Crippen molar-refractivity contribution in [1.29, 1.82) is 0 Å². The van der Waals surface area contributed by atoms with E-state index >= 15 is 0 Å². The Bertz CT molecular complexity index is 774. The highest BCUT2D eigenvalue weighted by atomic mass is 16.3. The fourth-order valence-electron chi connectivity index (χ4n) is 7.36. The molecule has 0 aromatic rings. The largest absolute Gasteiger partial charge is 0.400 e. The molecular formula is C27H47B3O2. The van der Waals surface area contributed by atoms with E-state index in [1.165, 1.54) is 49.7 Å².